The monoisotopic (exact) mass is 290 g/mol. The smallest absolute Gasteiger partial charge is 0.129 e. The molecule has 0 saturated carbocycles. The van der Waals surface area contributed by atoms with Gasteiger partial charge in [0, 0.05) is 5.56 Å². The van der Waals surface area contributed by atoms with Crippen molar-refractivity contribution in [2.24, 2.45) is 5.84 Å². The molecule has 0 bridgehead atoms. The molecule has 0 fully saturated rings. The molecule has 0 aliphatic heterocycles. The molecule has 0 spiro atoms. The zero-order chi connectivity index (χ0) is 15.6. The Hall–Kier alpha value is -1.78. The molecule has 3 N–H and O–H groups in total. The van der Waals surface area contributed by atoms with Crippen molar-refractivity contribution in [1.29, 1.82) is 0 Å². The highest BCUT2D eigenvalue weighted by Gasteiger charge is 2.18. The van der Waals surface area contributed by atoms with Crippen molar-refractivity contribution in [2.45, 2.75) is 33.2 Å². The van der Waals surface area contributed by atoms with Crippen LogP contribution < -0.4 is 11.3 Å². The average molecular weight is 290 g/mol. The summed E-state index contributed by atoms with van der Waals surface area (Å²) in [5.41, 5.74) is 7.06. The quantitative estimate of drug-likeness (QED) is 0.666. The normalized spacial score (nSPS) is 12.5. The first-order chi connectivity index (χ1) is 9.93. The summed E-state index contributed by atoms with van der Waals surface area (Å²) in [5, 5.41) is 0. The van der Waals surface area contributed by atoms with Gasteiger partial charge in [-0.05, 0) is 61.6 Å². The fraction of sp³-hybridized carbons (Fsp3) is 0.294. The third-order valence-corrected chi connectivity index (χ3v) is 3.93. The number of nitrogens with two attached hydrogens (primary N) is 1. The van der Waals surface area contributed by atoms with Crippen LogP contribution in [0.5, 0.6) is 0 Å². The number of benzene rings is 2. The minimum Gasteiger partial charge on any atom is -0.271 e. The topological polar surface area (TPSA) is 38.0 Å². The molecule has 0 heterocycles. The number of halogens is 2. The Morgan fingerprint density at radius 1 is 1.00 bits per heavy atom. The maximum absolute atomic E-state index is 13.8. The van der Waals surface area contributed by atoms with Gasteiger partial charge in [-0.15, -0.1) is 0 Å². The van der Waals surface area contributed by atoms with Gasteiger partial charge in [0.05, 0.1) is 6.04 Å². The van der Waals surface area contributed by atoms with Crippen LogP contribution in [0.4, 0.5) is 8.78 Å². The summed E-state index contributed by atoms with van der Waals surface area (Å²) in [6, 6.07) is 7.63. The van der Waals surface area contributed by atoms with Gasteiger partial charge in [-0.25, -0.2) is 8.78 Å². The molecule has 0 radical (unpaired) electrons. The van der Waals surface area contributed by atoms with Gasteiger partial charge >= 0.3 is 0 Å². The van der Waals surface area contributed by atoms with E-state index in [9.17, 15) is 8.78 Å². The molecule has 0 amide bonds. The van der Waals surface area contributed by atoms with E-state index in [2.05, 4.69) is 11.5 Å². The molecule has 2 nitrogen and oxygen atoms in total. The minimum absolute atomic E-state index is 0.0538. The fourth-order valence-electron chi connectivity index (χ4n) is 2.55. The van der Waals surface area contributed by atoms with Crippen molar-refractivity contribution in [2.75, 3.05) is 0 Å². The highest BCUT2D eigenvalue weighted by Crippen LogP contribution is 2.26. The first-order valence-electron chi connectivity index (χ1n) is 6.90. The van der Waals surface area contributed by atoms with Gasteiger partial charge in [-0.1, -0.05) is 18.2 Å². The summed E-state index contributed by atoms with van der Waals surface area (Å²) in [7, 11) is 0. The van der Waals surface area contributed by atoms with Crippen LogP contribution in [0.25, 0.3) is 0 Å². The van der Waals surface area contributed by atoms with Crippen molar-refractivity contribution in [3.05, 3.63) is 69.8 Å². The number of hydrogen-bond donors (Lipinski definition) is 2. The number of hydrogen-bond acceptors (Lipinski definition) is 2. The maximum atomic E-state index is 13.8. The number of rotatable bonds is 4. The van der Waals surface area contributed by atoms with Crippen molar-refractivity contribution >= 4 is 0 Å². The van der Waals surface area contributed by atoms with E-state index in [4.69, 9.17) is 5.84 Å². The summed E-state index contributed by atoms with van der Waals surface area (Å²) in [6.07, 6.45) is 0.165. The lowest BCUT2D eigenvalue weighted by atomic mass is 9.92. The lowest BCUT2D eigenvalue weighted by molar-refractivity contribution is 0.498. The van der Waals surface area contributed by atoms with E-state index in [0.29, 0.717) is 0 Å². The van der Waals surface area contributed by atoms with E-state index in [1.165, 1.54) is 23.8 Å². The molecule has 2 aromatic carbocycles. The van der Waals surface area contributed by atoms with E-state index in [1.54, 1.807) is 0 Å². The van der Waals surface area contributed by atoms with E-state index in [1.807, 2.05) is 26.8 Å². The standard InChI is InChI=1S/C17H20F2N2/c1-10-7-12(3)13(8-11(10)2)17(21-20)9-14-15(18)5-4-6-16(14)19/h4-8,17,21H,9,20H2,1-3H3. The number of aryl methyl sites for hydroxylation is 3. The predicted octanol–water partition coefficient (Wildman–Crippen LogP) is 3.64. The Bertz CT molecular complexity index is 633. The summed E-state index contributed by atoms with van der Waals surface area (Å²) < 4.78 is 27.6. The van der Waals surface area contributed by atoms with Crippen LogP contribution in [-0.4, -0.2) is 0 Å². The van der Waals surface area contributed by atoms with E-state index < -0.39 is 11.6 Å². The zero-order valence-electron chi connectivity index (χ0n) is 12.5. The van der Waals surface area contributed by atoms with Crippen molar-refractivity contribution in [3.8, 4) is 0 Å². The maximum Gasteiger partial charge on any atom is 0.129 e. The van der Waals surface area contributed by atoms with Gasteiger partial charge in [-0.3, -0.25) is 11.3 Å². The molecule has 21 heavy (non-hydrogen) atoms. The Morgan fingerprint density at radius 2 is 1.57 bits per heavy atom. The highest BCUT2D eigenvalue weighted by atomic mass is 19.1. The van der Waals surface area contributed by atoms with Crippen molar-refractivity contribution < 1.29 is 8.78 Å². The second-order valence-electron chi connectivity index (χ2n) is 5.42. The summed E-state index contributed by atoms with van der Waals surface area (Å²) in [4.78, 5) is 0. The first kappa shape index (κ1) is 15.6. The average Bonchev–Trinajstić information content (AvgIpc) is 2.43. The van der Waals surface area contributed by atoms with Crippen LogP contribution in [0.15, 0.2) is 30.3 Å². The zero-order valence-corrected chi connectivity index (χ0v) is 12.5. The molecule has 2 rings (SSSR count). The predicted molar refractivity (Wildman–Crippen MR) is 80.8 cm³/mol. The summed E-state index contributed by atoms with van der Waals surface area (Å²) in [5.74, 6) is 4.53. The van der Waals surface area contributed by atoms with Gasteiger partial charge in [0.25, 0.3) is 0 Å². The van der Waals surface area contributed by atoms with Gasteiger partial charge < -0.3 is 0 Å². The molecular weight excluding hydrogens is 270 g/mol. The Kier molecular flexibility index (Phi) is 4.70. The largest absolute Gasteiger partial charge is 0.271 e. The van der Waals surface area contributed by atoms with Crippen LogP contribution in [-0.2, 0) is 6.42 Å². The van der Waals surface area contributed by atoms with Gasteiger partial charge in [0.1, 0.15) is 11.6 Å². The third kappa shape index (κ3) is 3.28. The van der Waals surface area contributed by atoms with Crippen LogP contribution in [0.2, 0.25) is 0 Å². The molecule has 1 atom stereocenters. The lowest BCUT2D eigenvalue weighted by Crippen LogP contribution is -2.30. The first-order valence-corrected chi connectivity index (χ1v) is 6.90. The van der Waals surface area contributed by atoms with Gasteiger partial charge in [0.15, 0.2) is 0 Å². The Morgan fingerprint density at radius 3 is 2.14 bits per heavy atom. The molecule has 0 saturated heterocycles. The molecule has 1 unspecified atom stereocenters. The van der Waals surface area contributed by atoms with E-state index >= 15 is 0 Å². The number of hydrazine groups is 1. The van der Waals surface area contributed by atoms with Crippen molar-refractivity contribution in [1.82, 2.24) is 5.43 Å². The van der Waals surface area contributed by atoms with E-state index in [-0.39, 0.29) is 18.0 Å². The van der Waals surface area contributed by atoms with E-state index in [0.717, 1.165) is 16.7 Å². The molecule has 112 valence electrons. The third-order valence-electron chi connectivity index (χ3n) is 3.93. The fourth-order valence-corrected chi connectivity index (χ4v) is 2.55. The van der Waals surface area contributed by atoms with Crippen LogP contribution in [0.3, 0.4) is 0 Å². The molecule has 0 aliphatic rings. The molecule has 4 heteroatoms. The van der Waals surface area contributed by atoms with Crippen LogP contribution >= 0.6 is 0 Å². The van der Waals surface area contributed by atoms with Crippen molar-refractivity contribution in [3.63, 3.8) is 0 Å². The second kappa shape index (κ2) is 6.33. The Balaban J connectivity index is 2.39. The lowest BCUT2D eigenvalue weighted by Gasteiger charge is -2.21. The summed E-state index contributed by atoms with van der Waals surface area (Å²) >= 11 is 0. The SMILES string of the molecule is Cc1cc(C)c(C(Cc2c(F)cccc2F)NN)cc1C. The Labute approximate surface area is 124 Å². The molecule has 0 aliphatic carbocycles. The van der Waals surface area contributed by atoms with Gasteiger partial charge in [0.2, 0.25) is 0 Å². The molecular formula is C17H20F2N2. The molecule has 2 aromatic rings. The summed E-state index contributed by atoms with van der Waals surface area (Å²) in [6.45, 7) is 6.02. The van der Waals surface area contributed by atoms with Gasteiger partial charge in [-0.2, -0.15) is 0 Å². The highest BCUT2D eigenvalue weighted by molar-refractivity contribution is 5.39. The van der Waals surface area contributed by atoms with Crippen LogP contribution in [0, 0.1) is 32.4 Å². The molecule has 0 aromatic heterocycles. The van der Waals surface area contributed by atoms with Crippen LogP contribution in [0.1, 0.15) is 33.9 Å². The second-order valence-corrected chi connectivity index (χ2v) is 5.42. The minimum atomic E-state index is -0.545. The number of nitrogens with one attached hydrogen (secondary N) is 1.